The summed E-state index contributed by atoms with van der Waals surface area (Å²) in [6.45, 7) is 16.9. The van der Waals surface area contributed by atoms with E-state index in [0.29, 0.717) is 30.4 Å². The molecular weight excluding hydrogens is 536 g/mol. The molecule has 0 fully saturated rings. The number of nitrogens with zero attached hydrogens (tertiary/aromatic N) is 4. The molecular formula is C36H50N4O3. The summed E-state index contributed by atoms with van der Waals surface area (Å²) in [4.78, 5) is 14.9. The number of aromatic nitrogens is 4. The average Bonchev–Trinajstić information content (AvgIpc) is 3.37. The first-order valence-electron chi connectivity index (χ1n) is 15.7. The van der Waals surface area contributed by atoms with Crippen LogP contribution in [0.3, 0.4) is 0 Å². The second-order valence-electron chi connectivity index (χ2n) is 13.5. The number of ether oxygens (including phenoxy) is 3. The maximum atomic E-state index is 6.36. The van der Waals surface area contributed by atoms with Gasteiger partial charge in [0.1, 0.15) is 5.75 Å². The van der Waals surface area contributed by atoms with Crippen molar-refractivity contribution in [1.82, 2.24) is 19.5 Å². The molecule has 232 valence electrons. The Labute approximate surface area is 258 Å². The van der Waals surface area contributed by atoms with E-state index in [4.69, 9.17) is 29.2 Å². The monoisotopic (exact) mass is 586 g/mol. The third-order valence-corrected chi connectivity index (χ3v) is 7.65. The van der Waals surface area contributed by atoms with Gasteiger partial charge in [-0.25, -0.2) is 9.97 Å². The van der Waals surface area contributed by atoms with Crippen LogP contribution in [0.2, 0.25) is 0 Å². The van der Waals surface area contributed by atoms with Crippen LogP contribution in [0, 0.1) is 0 Å². The lowest BCUT2D eigenvalue weighted by molar-refractivity contribution is 0.0484. The first kappa shape index (κ1) is 32.5. The van der Waals surface area contributed by atoms with Crippen LogP contribution in [0.25, 0.3) is 22.6 Å². The van der Waals surface area contributed by atoms with Gasteiger partial charge in [0.15, 0.2) is 23.8 Å². The predicted octanol–water partition coefficient (Wildman–Crippen LogP) is 8.86. The molecule has 7 nitrogen and oxygen atoms in total. The van der Waals surface area contributed by atoms with Crippen molar-refractivity contribution < 1.29 is 14.2 Å². The van der Waals surface area contributed by atoms with Gasteiger partial charge >= 0.3 is 0 Å². The summed E-state index contributed by atoms with van der Waals surface area (Å²) in [7, 11) is 1.65. The summed E-state index contributed by atoms with van der Waals surface area (Å²) in [6.07, 6.45) is 9.03. The number of hydrogen-bond acceptors (Lipinski definition) is 6. The molecule has 0 bridgehead atoms. The highest BCUT2D eigenvalue weighted by molar-refractivity contribution is 5.79. The van der Waals surface area contributed by atoms with Crippen LogP contribution in [-0.2, 0) is 22.1 Å². The van der Waals surface area contributed by atoms with Crippen LogP contribution in [0.5, 0.6) is 11.6 Å². The normalized spacial score (nSPS) is 12.2. The molecule has 0 unspecified atom stereocenters. The van der Waals surface area contributed by atoms with Crippen molar-refractivity contribution in [3.63, 3.8) is 0 Å². The summed E-state index contributed by atoms with van der Waals surface area (Å²) in [5.74, 6) is 2.02. The molecule has 2 aromatic carbocycles. The van der Waals surface area contributed by atoms with Crippen molar-refractivity contribution in [1.29, 1.82) is 0 Å². The van der Waals surface area contributed by atoms with E-state index in [-0.39, 0.29) is 17.6 Å². The first-order valence-corrected chi connectivity index (χ1v) is 15.7. The number of unbranched alkanes of at least 4 members (excludes halogenated alkanes) is 5. The minimum atomic E-state index is -0.185. The van der Waals surface area contributed by atoms with Gasteiger partial charge < -0.3 is 18.8 Å². The molecule has 0 aliphatic carbocycles. The van der Waals surface area contributed by atoms with Crippen molar-refractivity contribution in [3.8, 4) is 23.0 Å². The minimum absolute atomic E-state index is 0.184. The molecule has 0 aliphatic rings. The van der Waals surface area contributed by atoms with Crippen LogP contribution in [0.1, 0.15) is 104 Å². The summed E-state index contributed by atoms with van der Waals surface area (Å²) in [5.41, 5.74) is 5.37. The number of rotatable bonds is 14. The molecule has 0 atom stereocenters. The van der Waals surface area contributed by atoms with Gasteiger partial charge in [-0.05, 0) is 34.9 Å². The fourth-order valence-electron chi connectivity index (χ4n) is 5.24. The lowest BCUT2D eigenvalue weighted by Crippen LogP contribution is -2.21. The van der Waals surface area contributed by atoms with Gasteiger partial charge in [-0.3, -0.25) is 0 Å². The predicted molar refractivity (Wildman–Crippen MR) is 175 cm³/mol. The van der Waals surface area contributed by atoms with Gasteiger partial charge in [0.05, 0.1) is 19.5 Å². The second-order valence-corrected chi connectivity index (χ2v) is 13.5. The molecule has 0 spiro atoms. The quantitative estimate of drug-likeness (QED) is 0.109. The minimum Gasteiger partial charge on any atom is -0.476 e. The van der Waals surface area contributed by atoms with Gasteiger partial charge in [0.2, 0.25) is 5.88 Å². The maximum Gasteiger partial charge on any atom is 0.246 e. The van der Waals surface area contributed by atoms with E-state index in [2.05, 4.69) is 89.4 Å². The maximum absolute atomic E-state index is 6.36. The van der Waals surface area contributed by atoms with Crippen LogP contribution >= 0.6 is 0 Å². The van der Waals surface area contributed by atoms with E-state index in [1.807, 2.05) is 12.4 Å². The standard InChI is InChI=1S/C36H50N4O3/c1-9-10-11-12-13-17-20-42-34-30-33(40(24-37-30)23-26-18-15-14-16-19-26)38-32(39-34)27-21-28(35(2,3)4)31(43-25-41-8)29(22-27)36(5,6)7/h14-16,18-19,21-22,24H,9-13,17,20,23,25H2,1-8H3. The van der Waals surface area contributed by atoms with Gasteiger partial charge in [-0.15, -0.1) is 0 Å². The van der Waals surface area contributed by atoms with Crippen LogP contribution < -0.4 is 9.47 Å². The molecule has 0 saturated carbocycles. The fourth-order valence-corrected chi connectivity index (χ4v) is 5.24. The summed E-state index contributed by atoms with van der Waals surface area (Å²) in [6, 6.07) is 14.7. The number of imidazole rings is 1. The second kappa shape index (κ2) is 14.3. The largest absolute Gasteiger partial charge is 0.476 e. The molecule has 43 heavy (non-hydrogen) atoms. The molecule has 0 saturated heterocycles. The smallest absolute Gasteiger partial charge is 0.246 e. The number of hydrogen-bond donors (Lipinski definition) is 0. The highest BCUT2D eigenvalue weighted by atomic mass is 16.7. The van der Waals surface area contributed by atoms with Crippen molar-refractivity contribution in [2.75, 3.05) is 20.5 Å². The molecule has 7 heteroatoms. The molecule has 0 amide bonds. The van der Waals surface area contributed by atoms with Crippen LogP contribution in [0.15, 0.2) is 48.8 Å². The van der Waals surface area contributed by atoms with Crippen LogP contribution in [0.4, 0.5) is 0 Å². The number of methoxy groups -OCH3 is 1. The Balaban J connectivity index is 1.81. The van der Waals surface area contributed by atoms with Crippen molar-refractivity contribution in [2.24, 2.45) is 0 Å². The number of fused-ring (bicyclic) bond motifs is 1. The molecule has 2 heterocycles. The molecule has 0 radical (unpaired) electrons. The van der Waals surface area contributed by atoms with Gasteiger partial charge in [0.25, 0.3) is 0 Å². The van der Waals surface area contributed by atoms with Crippen LogP contribution in [-0.4, -0.2) is 40.0 Å². The Morgan fingerprint density at radius 1 is 0.791 bits per heavy atom. The van der Waals surface area contributed by atoms with E-state index in [1.165, 1.54) is 31.2 Å². The van der Waals surface area contributed by atoms with E-state index in [1.54, 1.807) is 7.11 Å². The van der Waals surface area contributed by atoms with E-state index < -0.39 is 0 Å². The van der Waals surface area contributed by atoms with Crippen molar-refractivity contribution >= 4 is 11.2 Å². The number of benzene rings is 2. The lowest BCUT2D eigenvalue weighted by atomic mass is 9.78. The van der Waals surface area contributed by atoms with Crippen molar-refractivity contribution in [3.05, 3.63) is 65.5 Å². The van der Waals surface area contributed by atoms with Gasteiger partial charge in [-0.1, -0.05) is 111 Å². The molecule has 0 N–H and O–H groups in total. The topological polar surface area (TPSA) is 71.3 Å². The SMILES string of the molecule is CCCCCCCCOc1nc(-c2cc(C(C)(C)C)c(OCOC)c(C(C)(C)C)c2)nc2c1ncn2Cc1ccccc1. The molecule has 0 aliphatic heterocycles. The molecule has 4 rings (SSSR count). The first-order chi connectivity index (χ1) is 20.5. The Hall–Kier alpha value is -3.45. The Kier molecular flexibility index (Phi) is 10.8. The summed E-state index contributed by atoms with van der Waals surface area (Å²) < 4.78 is 20.0. The zero-order chi connectivity index (χ0) is 31.0. The molecule has 4 aromatic rings. The third-order valence-electron chi connectivity index (χ3n) is 7.65. The summed E-state index contributed by atoms with van der Waals surface area (Å²) >= 11 is 0. The van der Waals surface area contributed by atoms with Gasteiger partial charge in [0, 0.05) is 23.8 Å². The third kappa shape index (κ3) is 8.35. The Morgan fingerprint density at radius 3 is 2.07 bits per heavy atom. The average molecular weight is 587 g/mol. The highest BCUT2D eigenvalue weighted by Gasteiger charge is 2.29. The van der Waals surface area contributed by atoms with E-state index in [0.717, 1.165) is 40.9 Å². The van der Waals surface area contributed by atoms with E-state index >= 15 is 0 Å². The van der Waals surface area contributed by atoms with Crippen molar-refractivity contribution in [2.45, 2.75) is 104 Å². The fraction of sp³-hybridized carbons (Fsp3) is 0.528. The van der Waals surface area contributed by atoms with Gasteiger partial charge in [-0.2, -0.15) is 4.98 Å². The Bertz CT molecular complexity index is 1430. The highest BCUT2D eigenvalue weighted by Crippen LogP contribution is 2.43. The molecule has 2 aromatic heterocycles. The zero-order valence-corrected chi connectivity index (χ0v) is 27.5. The van der Waals surface area contributed by atoms with E-state index in [9.17, 15) is 0 Å². The lowest BCUT2D eigenvalue weighted by Gasteiger charge is -2.30. The Morgan fingerprint density at radius 2 is 1.44 bits per heavy atom. The zero-order valence-electron chi connectivity index (χ0n) is 27.5. The summed E-state index contributed by atoms with van der Waals surface area (Å²) in [5, 5.41) is 0.